The van der Waals surface area contributed by atoms with Crippen molar-refractivity contribution in [2.75, 3.05) is 0 Å². The molecular formula is C5H3Cl2N. The molecular weight excluding hydrogens is 149 g/mol. The van der Waals surface area contributed by atoms with E-state index in [1.165, 1.54) is 0 Å². The lowest BCUT2D eigenvalue weighted by molar-refractivity contribution is 1.33. The summed E-state index contributed by atoms with van der Waals surface area (Å²) in [5, 5.41) is 0.856. The fourth-order valence-corrected chi connectivity index (χ4v) is 0.754. The van der Waals surface area contributed by atoms with Crippen molar-refractivity contribution in [3.63, 3.8) is 0 Å². The van der Waals surface area contributed by atoms with Crippen LogP contribution in [0.4, 0.5) is 0 Å². The van der Waals surface area contributed by atoms with Crippen molar-refractivity contribution in [3.8, 4) is 0 Å². The van der Waals surface area contributed by atoms with Crippen LogP contribution < -0.4 is 0 Å². The van der Waals surface area contributed by atoms with Gasteiger partial charge in [0, 0.05) is 0 Å². The van der Waals surface area contributed by atoms with Crippen molar-refractivity contribution in [1.29, 1.82) is 0 Å². The molecule has 42 valence electrons. The molecule has 0 aliphatic carbocycles. The lowest BCUT2D eigenvalue weighted by atomic mass is 10.7. The summed E-state index contributed by atoms with van der Waals surface area (Å²) in [5.41, 5.74) is 0. The molecule has 0 unspecified atom stereocenters. The fourth-order valence-electron chi connectivity index (χ4n) is 0.383. The van der Waals surface area contributed by atoms with Crippen molar-refractivity contribution >= 4 is 23.2 Å². The average molecular weight is 152 g/mol. The summed E-state index contributed by atoms with van der Waals surface area (Å²) in [6, 6.07) is 5.10. The van der Waals surface area contributed by atoms with Gasteiger partial charge in [-0.2, -0.15) is 0 Å². The molecule has 1 rings (SSSR count). The van der Waals surface area contributed by atoms with E-state index in [9.17, 15) is 0 Å². The summed E-state index contributed by atoms with van der Waals surface area (Å²) in [4.78, 5) is 3.70. The summed E-state index contributed by atoms with van der Waals surface area (Å²) in [6.45, 7) is 0. The molecule has 0 radical (unpaired) electrons. The van der Waals surface area contributed by atoms with Crippen LogP contribution in [0.5, 0.6) is 0 Å². The molecule has 0 aliphatic rings. The Morgan fingerprint density at radius 2 is 1.62 bits per heavy atom. The average Bonchev–Trinajstić information content (AvgIpc) is 1.64. The van der Waals surface area contributed by atoms with E-state index in [0.29, 0.717) is 10.3 Å². The van der Waals surface area contributed by atoms with Crippen LogP contribution >= 0.6 is 23.2 Å². The van der Waals surface area contributed by atoms with Gasteiger partial charge in [-0.25, -0.2) is 4.98 Å². The van der Waals surface area contributed by atoms with Crippen LogP contribution in [-0.4, -0.2) is 4.98 Å². The molecule has 0 saturated carbocycles. The molecule has 1 aromatic heterocycles. The molecule has 0 aliphatic heterocycles. The third-order valence-electron chi connectivity index (χ3n) is 0.681. The summed E-state index contributed by atoms with van der Waals surface area (Å²) in [7, 11) is 0. The van der Waals surface area contributed by atoms with Crippen molar-refractivity contribution in [2.24, 2.45) is 0 Å². The first kappa shape index (κ1) is 5.86. The second-order valence-electron chi connectivity index (χ2n) is 1.28. The highest BCUT2D eigenvalue weighted by atomic mass is 35.5. The number of pyridine rings is 1. The highest BCUT2D eigenvalue weighted by Gasteiger charge is 1.86. The Morgan fingerprint density at radius 1 is 1.12 bits per heavy atom. The molecule has 0 saturated heterocycles. The Morgan fingerprint density at radius 3 is 1.88 bits per heavy atom. The number of hydrogen-bond acceptors (Lipinski definition) is 1. The zero-order valence-electron chi connectivity index (χ0n) is 3.94. The maximum atomic E-state index is 5.45. The number of aromatic nitrogens is 1. The van der Waals surface area contributed by atoms with Crippen molar-refractivity contribution < 1.29 is 0 Å². The smallest absolute Gasteiger partial charge is 0.130 e. The highest BCUT2D eigenvalue weighted by Crippen LogP contribution is 2.08. The zero-order chi connectivity index (χ0) is 5.98. The van der Waals surface area contributed by atoms with E-state index in [2.05, 4.69) is 4.98 Å². The third-order valence-corrected chi connectivity index (χ3v) is 1.10. The Labute approximate surface area is 57.3 Å². The quantitative estimate of drug-likeness (QED) is 0.520. The van der Waals surface area contributed by atoms with Gasteiger partial charge in [0.2, 0.25) is 0 Å². The zero-order valence-corrected chi connectivity index (χ0v) is 5.45. The first-order chi connectivity index (χ1) is 3.79. The predicted octanol–water partition coefficient (Wildman–Crippen LogP) is 2.39. The first-order valence-corrected chi connectivity index (χ1v) is 2.83. The maximum Gasteiger partial charge on any atom is 0.130 e. The second kappa shape index (κ2) is 2.33. The van der Waals surface area contributed by atoms with Crippen molar-refractivity contribution in [3.05, 3.63) is 28.5 Å². The van der Waals surface area contributed by atoms with E-state index in [1.54, 1.807) is 18.2 Å². The molecule has 0 fully saturated rings. The molecule has 0 bridgehead atoms. The lowest BCUT2D eigenvalue weighted by Gasteiger charge is -1.85. The van der Waals surface area contributed by atoms with Gasteiger partial charge in [-0.05, 0) is 12.1 Å². The second-order valence-corrected chi connectivity index (χ2v) is 2.06. The van der Waals surface area contributed by atoms with Gasteiger partial charge >= 0.3 is 0 Å². The van der Waals surface area contributed by atoms with Crippen molar-refractivity contribution in [2.45, 2.75) is 0 Å². The minimum Gasteiger partial charge on any atom is -0.224 e. The molecule has 1 heterocycles. The van der Waals surface area contributed by atoms with Gasteiger partial charge in [0.25, 0.3) is 0 Å². The first-order valence-electron chi connectivity index (χ1n) is 2.07. The van der Waals surface area contributed by atoms with E-state index >= 15 is 0 Å². The monoisotopic (exact) mass is 151 g/mol. The Kier molecular flexibility index (Phi) is 1.71. The van der Waals surface area contributed by atoms with Gasteiger partial charge in [0.05, 0.1) is 0 Å². The van der Waals surface area contributed by atoms with Gasteiger partial charge in [0.1, 0.15) is 10.3 Å². The van der Waals surface area contributed by atoms with Crippen LogP contribution in [0.1, 0.15) is 0 Å². The van der Waals surface area contributed by atoms with E-state index in [4.69, 9.17) is 23.2 Å². The lowest BCUT2D eigenvalue weighted by Crippen LogP contribution is -1.71. The maximum absolute atomic E-state index is 5.45. The van der Waals surface area contributed by atoms with Crippen LogP contribution in [-0.2, 0) is 0 Å². The van der Waals surface area contributed by atoms with Gasteiger partial charge in [-0.3, -0.25) is 0 Å². The third kappa shape index (κ3) is 1.35. The fraction of sp³-hybridized carbons (Fsp3) is 0. The van der Waals surface area contributed by atoms with Gasteiger partial charge < -0.3 is 0 Å². The summed E-state index contributed by atoms with van der Waals surface area (Å²) >= 11 is 10.9. The molecule has 0 amide bonds. The van der Waals surface area contributed by atoms with Crippen molar-refractivity contribution in [1.82, 2.24) is 4.98 Å². The van der Waals surface area contributed by atoms with Crippen LogP contribution in [0.25, 0.3) is 0 Å². The van der Waals surface area contributed by atoms with Crippen LogP contribution in [0, 0.1) is 0 Å². The Balaban J connectivity index is 3.08. The molecule has 3 heteroatoms. The molecule has 1 nitrogen and oxygen atoms in total. The normalized spacial score (nSPS) is 9.25. The number of halogens is 2. The van der Waals surface area contributed by atoms with Crippen LogP contribution in [0.3, 0.4) is 0 Å². The summed E-state index contributed by atoms with van der Waals surface area (Å²) in [5.74, 6) is 0. The molecule has 0 atom stereocenters. The topological polar surface area (TPSA) is 12.9 Å². The molecule has 1 aromatic rings. The minimum atomic E-state index is 0.428. The summed E-state index contributed by atoms with van der Waals surface area (Å²) in [6.07, 6.45) is 0. The van der Waals surface area contributed by atoms with E-state index in [1.807, 2.05) is 0 Å². The predicted molar refractivity (Wildman–Crippen MR) is 34.3 cm³/mol. The molecule has 0 spiro atoms. The van der Waals surface area contributed by atoms with Gasteiger partial charge in [-0.1, -0.05) is 29.3 Å². The minimum absolute atomic E-state index is 0.428. The molecule has 0 N–H and O–H groups in total. The van der Waals surface area contributed by atoms with E-state index in [-0.39, 0.29) is 0 Å². The summed E-state index contributed by atoms with van der Waals surface area (Å²) < 4.78 is 0. The van der Waals surface area contributed by atoms with Crippen LogP contribution in [0.15, 0.2) is 18.2 Å². The molecule has 8 heavy (non-hydrogen) atoms. The Hall–Kier alpha value is -0.270. The van der Waals surface area contributed by atoms with E-state index < -0.39 is 0 Å². The largest absolute Gasteiger partial charge is 0.224 e. The number of nitrogens with zero attached hydrogens (tertiary/aromatic N) is 1. The SMILES string of the molecule is Cl[14c]1ccc[14c](Cl)n1. The van der Waals surface area contributed by atoms with Gasteiger partial charge in [0.15, 0.2) is 0 Å². The number of rotatable bonds is 0. The van der Waals surface area contributed by atoms with Crippen LogP contribution in [0.2, 0.25) is 10.3 Å². The molecule has 0 aromatic carbocycles. The standard InChI is InChI=1S/C5H3Cl2N/c6-4-2-1-3-5(7)8-4/h1-3H/i4+2,5+2. The van der Waals surface area contributed by atoms with E-state index in [0.717, 1.165) is 0 Å². The Bertz CT molecular complexity index is 170. The highest BCUT2D eigenvalue weighted by molar-refractivity contribution is 6.32. The number of hydrogen-bond donors (Lipinski definition) is 0. The van der Waals surface area contributed by atoms with Gasteiger partial charge in [-0.15, -0.1) is 0 Å².